The van der Waals surface area contributed by atoms with Crippen LogP contribution in [0.1, 0.15) is 26.2 Å². The first-order chi connectivity index (χ1) is 7.99. The third-order valence-electron chi connectivity index (χ3n) is 3.15. The molecule has 17 heavy (non-hydrogen) atoms. The van der Waals surface area contributed by atoms with E-state index in [4.69, 9.17) is 4.74 Å². The van der Waals surface area contributed by atoms with Gasteiger partial charge in [0.05, 0.1) is 10.8 Å². The summed E-state index contributed by atoms with van der Waals surface area (Å²) in [6, 6.07) is 0. The second-order valence-corrected chi connectivity index (χ2v) is 7.44. The molecular formula is C10H19Br2NO3S. The predicted molar refractivity (Wildman–Crippen MR) is 76.5 cm³/mol. The zero-order valence-corrected chi connectivity index (χ0v) is 13.9. The minimum absolute atomic E-state index is 0.319. The van der Waals surface area contributed by atoms with E-state index in [2.05, 4.69) is 36.6 Å². The molecule has 0 aromatic rings. The second-order valence-electron chi connectivity index (χ2n) is 4.36. The molecule has 1 fully saturated rings. The fraction of sp³-hybridized carbons (Fsp3) is 1.00. The summed E-state index contributed by atoms with van der Waals surface area (Å²) in [5.74, 6) is 0. The standard InChI is InChI=1S/C10H19Br2NO3S/c1-2-10(7-11,8-12)13-17(14,15)9-3-5-16-6-4-9/h9,13H,2-8H2,1H3. The summed E-state index contributed by atoms with van der Waals surface area (Å²) in [6.45, 7) is 3.05. The van der Waals surface area contributed by atoms with Crippen molar-refractivity contribution in [2.75, 3.05) is 23.9 Å². The first kappa shape index (κ1) is 15.9. The maximum atomic E-state index is 12.3. The Kier molecular flexibility index (Phi) is 6.39. The Labute approximate surface area is 120 Å². The summed E-state index contributed by atoms with van der Waals surface area (Å²) in [6.07, 6.45) is 1.91. The Bertz CT molecular complexity index is 316. The molecule has 1 rings (SSSR count). The molecule has 1 aliphatic heterocycles. The minimum Gasteiger partial charge on any atom is -0.381 e. The Morgan fingerprint density at radius 2 is 1.82 bits per heavy atom. The van der Waals surface area contributed by atoms with Crippen molar-refractivity contribution < 1.29 is 13.2 Å². The van der Waals surface area contributed by atoms with Crippen LogP contribution in [-0.4, -0.2) is 43.1 Å². The summed E-state index contributed by atoms with van der Waals surface area (Å²) in [5.41, 5.74) is -0.433. The molecule has 0 atom stereocenters. The summed E-state index contributed by atoms with van der Waals surface area (Å²) < 4.78 is 32.6. The van der Waals surface area contributed by atoms with Gasteiger partial charge in [-0.25, -0.2) is 13.1 Å². The van der Waals surface area contributed by atoms with E-state index in [-0.39, 0.29) is 5.25 Å². The van der Waals surface area contributed by atoms with Crippen molar-refractivity contribution in [2.24, 2.45) is 0 Å². The highest BCUT2D eigenvalue weighted by molar-refractivity contribution is 9.09. The van der Waals surface area contributed by atoms with Gasteiger partial charge in [0.2, 0.25) is 10.0 Å². The number of nitrogens with one attached hydrogen (secondary N) is 1. The average Bonchev–Trinajstić information content (AvgIpc) is 2.37. The molecular weight excluding hydrogens is 374 g/mol. The van der Waals surface area contributed by atoms with E-state index in [1.807, 2.05) is 6.92 Å². The number of rotatable bonds is 6. The number of hydrogen-bond acceptors (Lipinski definition) is 3. The van der Waals surface area contributed by atoms with Gasteiger partial charge in [-0.1, -0.05) is 38.8 Å². The molecule has 4 nitrogen and oxygen atoms in total. The van der Waals surface area contributed by atoms with Gasteiger partial charge in [0, 0.05) is 23.9 Å². The van der Waals surface area contributed by atoms with Gasteiger partial charge in [-0.2, -0.15) is 0 Å². The van der Waals surface area contributed by atoms with Crippen LogP contribution in [0, 0.1) is 0 Å². The van der Waals surface area contributed by atoms with Gasteiger partial charge in [0.1, 0.15) is 0 Å². The summed E-state index contributed by atoms with van der Waals surface area (Å²) in [5, 5.41) is 0.884. The third-order valence-corrected chi connectivity index (χ3v) is 7.37. The molecule has 0 amide bonds. The van der Waals surface area contributed by atoms with E-state index in [1.54, 1.807) is 0 Å². The van der Waals surface area contributed by atoms with Gasteiger partial charge in [0.15, 0.2) is 0 Å². The van der Waals surface area contributed by atoms with Crippen molar-refractivity contribution in [3.8, 4) is 0 Å². The van der Waals surface area contributed by atoms with Gasteiger partial charge < -0.3 is 4.74 Å². The largest absolute Gasteiger partial charge is 0.381 e. The molecule has 0 radical (unpaired) electrons. The van der Waals surface area contributed by atoms with Crippen molar-refractivity contribution in [1.82, 2.24) is 4.72 Å². The smallest absolute Gasteiger partial charge is 0.215 e. The quantitative estimate of drug-likeness (QED) is 0.703. The molecule has 0 aliphatic carbocycles. The third kappa shape index (κ3) is 4.16. The van der Waals surface area contributed by atoms with Gasteiger partial charge >= 0.3 is 0 Å². The summed E-state index contributed by atoms with van der Waals surface area (Å²) >= 11 is 6.78. The lowest BCUT2D eigenvalue weighted by molar-refractivity contribution is 0.0979. The number of sulfonamides is 1. The lowest BCUT2D eigenvalue weighted by Gasteiger charge is -2.32. The number of halogens is 2. The van der Waals surface area contributed by atoms with Crippen molar-refractivity contribution in [3.63, 3.8) is 0 Å². The number of alkyl halides is 2. The van der Waals surface area contributed by atoms with Crippen LogP contribution < -0.4 is 4.72 Å². The summed E-state index contributed by atoms with van der Waals surface area (Å²) in [7, 11) is -3.27. The maximum absolute atomic E-state index is 12.3. The Morgan fingerprint density at radius 3 is 2.24 bits per heavy atom. The molecule has 1 aliphatic rings. The molecule has 7 heteroatoms. The zero-order valence-electron chi connectivity index (χ0n) is 9.92. The topological polar surface area (TPSA) is 55.4 Å². The number of ether oxygens (including phenoxy) is 1. The molecule has 0 unspecified atom stereocenters. The van der Waals surface area contributed by atoms with Crippen LogP contribution >= 0.6 is 31.9 Å². The van der Waals surface area contributed by atoms with E-state index in [0.29, 0.717) is 36.7 Å². The normalized spacial score (nSPS) is 19.5. The van der Waals surface area contributed by atoms with Crippen LogP contribution in [0.3, 0.4) is 0 Å². The van der Waals surface area contributed by atoms with E-state index < -0.39 is 15.6 Å². The number of hydrogen-bond donors (Lipinski definition) is 1. The predicted octanol–water partition coefficient (Wildman–Crippen LogP) is 2.02. The van der Waals surface area contributed by atoms with Gasteiger partial charge in [-0.05, 0) is 19.3 Å². The van der Waals surface area contributed by atoms with Crippen LogP contribution in [0.4, 0.5) is 0 Å². The average molecular weight is 393 g/mol. The molecule has 0 aromatic heterocycles. The van der Waals surface area contributed by atoms with Crippen molar-refractivity contribution >= 4 is 41.9 Å². The molecule has 1 heterocycles. The molecule has 102 valence electrons. The molecule has 0 saturated carbocycles. The lowest BCUT2D eigenvalue weighted by atomic mass is 10.0. The van der Waals surface area contributed by atoms with E-state index in [0.717, 1.165) is 6.42 Å². The Hall–Kier alpha value is 0.830. The first-order valence-corrected chi connectivity index (χ1v) is 9.51. The minimum atomic E-state index is -3.27. The van der Waals surface area contributed by atoms with Gasteiger partial charge in [-0.3, -0.25) is 0 Å². The highest BCUT2D eigenvalue weighted by Gasteiger charge is 2.36. The van der Waals surface area contributed by atoms with Crippen LogP contribution in [0.15, 0.2) is 0 Å². The zero-order chi connectivity index (χ0) is 12.9. The van der Waals surface area contributed by atoms with Crippen LogP contribution in [-0.2, 0) is 14.8 Å². The lowest BCUT2D eigenvalue weighted by Crippen LogP contribution is -2.54. The summed E-state index contributed by atoms with van der Waals surface area (Å²) in [4.78, 5) is 0. The van der Waals surface area contributed by atoms with Crippen molar-refractivity contribution in [1.29, 1.82) is 0 Å². The second kappa shape index (κ2) is 6.84. The van der Waals surface area contributed by atoms with E-state index in [1.165, 1.54) is 0 Å². The highest BCUT2D eigenvalue weighted by Crippen LogP contribution is 2.22. The molecule has 0 aromatic carbocycles. The van der Waals surface area contributed by atoms with Crippen LogP contribution in [0.5, 0.6) is 0 Å². The first-order valence-electron chi connectivity index (χ1n) is 5.72. The maximum Gasteiger partial charge on any atom is 0.215 e. The molecule has 1 N–H and O–H groups in total. The van der Waals surface area contributed by atoms with Crippen molar-refractivity contribution in [2.45, 2.75) is 37.0 Å². The Balaban J connectivity index is 2.76. The molecule has 0 bridgehead atoms. The monoisotopic (exact) mass is 391 g/mol. The fourth-order valence-electron chi connectivity index (χ4n) is 1.72. The van der Waals surface area contributed by atoms with Crippen LogP contribution in [0.2, 0.25) is 0 Å². The van der Waals surface area contributed by atoms with Gasteiger partial charge in [-0.15, -0.1) is 0 Å². The van der Waals surface area contributed by atoms with E-state index >= 15 is 0 Å². The SMILES string of the molecule is CCC(CBr)(CBr)NS(=O)(=O)C1CCOCC1. The van der Waals surface area contributed by atoms with Crippen LogP contribution in [0.25, 0.3) is 0 Å². The fourth-order valence-corrected chi connectivity index (χ4v) is 5.97. The van der Waals surface area contributed by atoms with Crippen molar-refractivity contribution in [3.05, 3.63) is 0 Å². The van der Waals surface area contributed by atoms with Gasteiger partial charge in [0.25, 0.3) is 0 Å². The molecule has 1 saturated heterocycles. The Morgan fingerprint density at radius 1 is 1.29 bits per heavy atom. The molecule has 0 spiro atoms. The highest BCUT2D eigenvalue weighted by atomic mass is 79.9. The van der Waals surface area contributed by atoms with E-state index in [9.17, 15) is 8.42 Å².